The number of para-hydroxylation sites is 2. The van der Waals surface area contributed by atoms with Crippen LogP contribution in [-0.2, 0) is 0 Å². The molecule has 14 nitrogen and oxygen atoms in total. The Morgan fingerprint density at radius 1 is 1.00 bits per heavy atom. The van der Waals surface area contributed by atoms with E-state index in [2.05, 4.69) is 20.6 Å². The van der Waals surface area contributed by atoms with Crippen LogP contribution < -0.4 is 15.2 Å². The molecule has 0 atom stereocenters. The van der Waals surface area contributed by atoms with Crippen LogP contribution in [0.2, 0.25) is 0 Å². The van der Waals surface area contributed by atoms with Gasteiger partial charge in [0, 0.05) is 12.1 Å². The van der Waals surface area contributed by atoms with E-state index < -0.39 is 15.8 Å². The summed E-state index contributed by atoms with van der Waals surface area (Å²) < 4.78 is 9.75. The molecule has 0 aliphatic carbocycles. The second-order valence-electron chi connectivity index (χ2n) is 5.33. The van der Waals surface area contributed by atoms with Crippen molar-refractivity contribution in [2.75, 3.05) is 14.2 Å². The molecular weight excluding hydrogens is 402 g/mol. The zero-order valence-electron chi connectivity index (χ0n) is 15.6. The van der Waals surface area contributed by atoms with E-state index in [1.807, 2.05) is 0 Å². The molecule has 1 amide bonds. The summed E-state index contributed by atoms with van der Waals surface area (Å²) in [5.41, 5.74) is 5.03. The number of nitrogens with one attached hydrogen (secondary N) is 1. The topological polar surface area (TPSA) is 202 Å². The molecule has 0 aliphatic rings. The van der Waals surface area contributed by atoms with Crippen LogP contribution in [0.25, 0.3) is 11.4 Å². The minimum Gasteiger partial charge on any atom is -0.490 e. The summed E-state index contributed by atoms with van der Waals surface area (Å²) in [5.74, 6) is -0.495. The maximum atomic E-state index is 10.9. The van der Waals surface area contributed by atoms with E-state index in [1.165, 1.54) is 44.6 Å². The van der Waals surface area contributed by atoms with Crippen molar-refractivity contribution in [1.29, 1.82) is 0 Å². The van der Waals surface area contributed by atoms with Gasteiger partial charge in [-0.25, -0.2) is 0 Å². The third-order valence-corrected chi connectivity index (χ3v) is 3.64. The maximum absolute atomic E-state index is 10.9. The first-order chi connectivity index (χ1) is 14.3. The van der Waals surface area contributed by atoms with E-state index in [1.54, 1.807) is 6.07 Å². The van der Waals surface area contributed by atoms with Gasteiger partial charge < -0.3 is 15.2 Å². The number of amides is 1. The van der Waals surface area contributed by atoms with E-state index in [4.69, 9.17) is 15.2 Å². The van der Waals surface area contributed by atoms with Crippen molar-refractivity contribution in [2.45, 2.75) is 0 Å². The molecule has 0 fully saturated rings. The van der Waals surface area contributed by atoms with Crippen LogP contribution in [0.4, 0.5) is 11.4 Å². The Hall–Kier alpha value is -4.62. The molecule has 0 bridgehead atoms. The van der Waals surface area contributed by atoms with Crippen LogP contribution >= 0.6 is 0 Å². The molecule has 1 heterocycles. The van der Waals surface area contributed by atoms with E-state index in [9.17, 15) is 25.0 Å². The van der Waals surface area contributed by atoms with E-state index in [-0.39, 0.29) is 34.3 Å². The summed E-state index contributed by atoms with van der Waals surface area (Å²) in [6.07, 6.45) is 0. The highest BCUT2D eigenvalue weighted by molar-refractivity contribution is 5.97. The predicted molar refractivity (Wildman–Crippen MR) is 101 cm³/mol. The number of hydrogen-bond donors (Lipinski definition) is 2. The number of nitro benzene ring substituents is 2. The minimum atomic E-state index is -0.759. The molecule has 0 unspecified atom stereocenters. The number of tetrazole rings is 1. The predicted octanol–water partition coefficient (Wildman–Crippen LogP) is 1.49. The van der Waals surface area contributed by atoms with Crippen LogP contribution in [0.1, 0.15) is 10.4 Å². The smallest absolute Gasteiger partial charge is 0.311 e. The Morgan fingerprint density at radius 3 is 2.03 bits per heavy atom. The quantitative estimate of drug-likeness (QED) is 0.436. The van der Waals surface area contributed by atoms with E-state index in [0.29, 0.717) is 5.56 Å². The number of carbonyl (C=O) groups excluding carboxylic acids is 1. The number of primary amides is 1. The van der Waals surface area contributed by atoms with Gasteiger partial charge in [-0.1, -0.05) is 12.1 Å². The van der Waals surface area contributed by atoms with Gasteiger partial charge in [-0.2, -0.15) is 5.21 Å². The Morgan fingerprint density at radius 2 is 1.57 bits per heavy atom. The lowest BCUT2D eigenvalue weighted by atomic mass is 10.1. The third kappa shape index (κ3) is 4.61. The number of ether oxygens (including phenoxy) is 2. The summed E-state index contributed by atoms with van der Waals surface area (Å²) in [4.78, 5) is 31.0. The molecule has 1 aromatic heterocycles. The minimum absolute atomic E-state index is 0.00157. The van der Waals surface area contributed by atoms with Crippen molar-refractivity contribution in [3.63, 3.8) is 0 Å². The number of rotatable bonds is 6. The highest BCUT2D eigenvalue weighted by Gasteiger charge is 2.21. The van der Waals surface area contributed by atoms with Crippen LogP contribution in [-0.4, -0.2) is 50.6 Å². The van der Waals surface area contributed by atoms with Gasteiger partial charge >= 0.3 is 11.4 Å². The highest BCUT2D eigenvalue weighted by Crippen LogP contribution is 2.35. The van der Waals surface area contributed by atoms with Gasteiger partial charge in [0.1, 0.15) is 0 Å². The Kier molecular flexibility index (Phi) is 6.89. The maximum Gasteiger partial charge on any atom is 0.311 e. The Balaban J connectivity index is 0.000000216. The van der Waals surface area contributed by atoms with Gasteiger partial charge in [-0.3, -0.25) is 25.0 Å². The van der Waals surface area contributed by atoms with E-state index >= 15 is 0 Å². The Bertz CT molecular complexity index is 1040. The first-order valence-corrected chi connectivity index (χ1v) is 7.98. The molecule has 30 heavy (non-hydrogen) atoms. The SMILES string of the molecule is COc1c(-c2nn[nH]n2)cccc1[N+](=O)[O-].COc1c(C(N)=O)cccc1[N+](=O)[O-]. The van der Waals surface area contributed by atoms with Crippen molar-refractivity contribution in [2.24, 2.45) is 5.73 Å². The molecule has 0 radical (unpaired) electrons. The van der Waals surface area contributed by atoms with Crippen molar-refractivity contribution in [3.05, 3.63) is 62.2 Å². The van der Waals surface area contributed by atoms with Gasteiger partial charge in [0.15, 0.2) is 0 Å². The summed E-state index contributed by atoms with van der Waals surface area (Å²) in [5, 5.41) is 34.4. The summed E-state index contributed by atoms with van der Waals surface area (Å²) in [6.45, 7) is 0. The number of carbonyl (C=O) groups is 1. The van der Waals surface area contributed by atoms with Gasteiger partial charge in [-0.15, -0.1) is 10.2 Å². The number of aromatic amines is 1. The molecule has 3 rings (SSSR count). The molecule has 3 N–H and O–H groups in total. The van der Waals surface area contributed by atoms with Crippen LogP contribution in [0.3, 0.4) is 0 Å². The molecule has 3 aromatic rings. The number of nitrogens with zero attached hydrogens (tertiary/aromatic N) is 5. The van der Waals surface area contributed by atoms with Crippen molar-refractivity contribution < 1.29 is 24.1 Å². The molecular formula is C16H15N7O7. The number of H-pyrrole nitrogens is 1. The lowest BCUT2D eigenvalue weighted by Crippen LogP contribution is -2.13. The van der Waals surface area contributed by atoms with Gasteiger partial charge in [0.25, 0.3) is 5.91 Å². The lowest BCUT2D eigenvalue weighted by molar-refractivity contribution is -0.385. The molecule has 156 valence electrons. The largest absolute Gasteiger partial charge is 0.490 e. The Labute approximate surface area is 167 Å². The normalized spacial score (nSPS) is 9.80. The monoisotopic (exact) mass is 417 g/mol. The first-order valence-electron chi connectivity index (χ1n) is 7.98. The van der Waals surface area contributed by atoms with Gasteiger partial charge in [-0.05, 0) is 17.3 Å². The zero-order chi connectivity index (χ0) is 22.3. The second kappa shape index (κ2) is 9.54. The summed E-state index contributed by atoms with van der Waals surface area (Å²) in [6, 6.07) is 8.49. The molecule has 0 saturated heterocycles. The van der Waals surface area contributed by atoms with Gasteiger partial charge in [0.05, 0.1) is 35.2 Å². The first kappa shape index (κ1) is 21.7. The number of nitro groups is 2. The number of nitrogens with two attached hydrogens (primary N) is 1. The fraction of sp³-hybridized carbons (Fsp3) is 0.125. The third-order valence-electron chi connectivity index (χ3n) is 3.64. The standard InChI is InChI=1S/C8H7N5O3.C8H8N2O4/c1-16-7-5(8-9-11-12-10-8)3-2-4-6(7)13(14)15;1-14-7-5(8(9)11)3-2-4-6(7)10(12)13/h2-4H,1H3,(H,9,10,11,12);2-4H,1H3,(H2,9,11). The molecule has 2 aromatic carbocycles. The molecule has 0 aliphatic heterocycles. The van der Waals surface area contributed by atoms with Crippen molar-refractivity contribution in [3.8, 4) is 22.9 Å². The summed E-state index contributed by atoms with van der Waals surface area (Å²) in [7, 11) is 2.60. The average Bonchev–Trinajstić information content (AvgIpc) is 3.27. The number of methoxy groups -OCH3 is 2. The van der Waals surface area contributed by atoms with Crippen molar-refractivity contribution in [1.82, 2.24) is 20.6 Å². The second-order valence-corrected chi connectivity index (χ2v) is 5.33. The highest BCUT2D eigenvalue weighted by atomic mass is 16.6. The summed E-state index contributed by atoms with van der Waals surface area (Å²) >= 11 is 0. The number of benzene rings is 2. The lowest BCUT2D eigenvalue weighted by Gasteiger charge is -2.04. The van der Waals surface area contributed by atoms with Crippen LogP contribution in [0.5, 0.6) is 11.5 Å². The molecule has 14 heteroatoms. The number of hydrogen-bond acceptors (Lipinski definition) is 10. The molecule has 0 saturated carbocycles. The van der Waals surface area contributed by atoms with Crippen molar-refractivity contribution >= 4 is 17.3 Å². The molecule has 0 spiro atoms. The number of aromatic nitrogens is 4. The zero-order valence-corrected chi connectivity index (χ0v) is 15.6. The van der Waals surface area contributed by atoms with Gasteiger partial charge in [0.2, 0.25) is 17.3 Å². The fourth-order valence-corrected chi connectivity index (χ4v) is 2.41. The van der Waals surface area contributed by atoms with E-state index in [0.717, 1.165) is 0 Å². The van der Waals surface area contributed by atoms with Crippen LogP contribution in [0, 0.1) is 20.2 Å². The fourth-order valence-electron chi connectivity index (χ4n) is 2.41. The van der Waals surface area contributed by atoms with Crippen LogP contribution in [0.15, 0.2) is 36.4 Å². The average molecular weight is 417 g/mol.